The standard InChI is InChI=1S/C15H22N2O3/c1-4-5-6-9-17(3)15(20)16-13-10-12(14(18)19)8-7-11(13)2/h7-8,10H,4-6,9H2,1-3H3,(H,16,20)(H,18,19). The van der Waals surface area contributed by atoms with Crippen LogP contribution in [0.3, 0.4) is 0 Å². The molecule has 110 valence electrons. The number of benzene rings is 1. The third-order valence-electron chi connectivity index (χ3n) is 3.17. The zero-order valence-corrected chi connectivity index (χ0v) is 12.3. The van der Waals surface area contributed by atoms with E-state index < -0.39 is 5.97 Å². The molecule has 0 saturated heterocycles. The first-order chi connectivity index (χ1) is 9.45. The molecule has 0 aliphatic carbocycles. The van der Waals surface area contributed by atoms with E-state index in [9.17, 15) is 9.59 Å². The van der Waals surface area contributed by atoms with Gasteiger partial charge < -0.3 is 15.3 Å². The number of aryl methyl sites for hydroxylation is 1. The van der Waals surface area contributed by atoms with Crippen LogP contribution in [0.25, 0.3) is 0 Å². The Balaban J connectivity index is 2.69. The summed E-state index contributed by atoms with van der Waals surface area (Å²) in [5.41, 5.74) is 1.54. The van der Waals surface area contributed by atoms with Crippen molar-refractivity contribution in [2.45, 2.75) is 33.1 Å². The van der Waals surface area contributed by atoms with Crippen LogP contribution in [0.4, 0.5) is 10.5 Å². The molecule has 5 heteroatoms. The first-order valence-corrected chi connectivity index (χ1v) is 6.81. The van der Waals surface area contributed by atoms with Crippen molar-refractivity contribution in [3.05, 3.63) is 29.3 Å². The van der Waals surface area contributed by atoms with E-state index in [4.69, 9.17) is 5.11 Å². The maximum Gasteiger partial charge on any atom is 0.335 e. The molecular formula is C15H22N2O3. The van der Waals surface area contributed by atoms with Gasteiger partial charge in [-0.2, -0.15) is 0 Å². The Labute approximate surface area is 119 Å². The summed E-state index contributed by atoms with van der Waals surface area (Å²) in [5, 5.41) is 11.7. The molecule has 2 amide bonds. The van der Waals surface area contributed by atoms with Crippen molar-refractivity contribution in [1.82, 2.24) is 4.90 Å². The van der Waals surface area contributed by atoms with Gasteiger partial charge in [0.2, 0.25) is 0 Å². The van der Waals surface area contributed by atoms with Crippen molar-refractivity contribution in [3.63, 3.8) is 0 Å². The van der Waals surface area contributed by atoms with Crippen molar-refractivity contribution < 1.29 is 14.7 Å². The molecule has 0 bridgehead atoms. The smallest absolute Gasteiger partial charge is 0.335 e. The van der Waals surface area contributed by atoms with Crippen LogP contribution in [-0.4, -0.2) is 35.6 Å². The second kappa shape index (κ2) is 7.53. The highest BCUT2D eigenvalue weighted by Crippen LogP contribution is 2.17. The van der Waals surface area contributed by atoms with Crippen molar-refractivity contribution in [3.8, 4) is 0 Å². The highest BCUT2D eigenvalue weighted by atomic mass is 16.4. The quantitative estimate of drug-likeness (QED) is 0.784. The van der Waals surface area contributed by atoms with Gasteiger partial charge in [0.1, 0.15) is 0 Å². The topological polar surface area (TPSA) is 69.6 Å². The maximum absolute atomic E-state index is 12.0. The van der Waals surface area contributed by atoms with E-state index in [1.54, 1.807) is 18.0 Å². The molecule has 0 aliphatic rings. The van der Waals surface area contributed by atoms with E-state index in [1.165, 1.54) is 12.1 Å². The van der Waals surface area contributed by atoms with Gasteiger partial charge >= 0.3 is 12.0 Å². The first-order valence-electron chi connectivity index (χ1n) is 6.81. The number of carboxylic acid groups (broad SMARTS) is 1. The minimum absolute atomic E-state index is 0.166. The number of rotatable bonds is 6. The summed E-state index contributed by atoms with van der Waals surface area (Å²) in [6.07, 6.45) is 3.16. The minimum atomic E-state index is -1.00. The molecule has 1 aromatic carbocycles. The van der Waals surface area contributed by atoms with Crippen LogP contribution in [0.15, 0.2) is 18.2 Å². The third-order valence-corrected chi connectivity index (χ3v) is 3.17. The number of anilines is 1. The van der Waals surface area contributed by atoms with Gasteiger partial charge in [0.15, 0.2) is 0 Å². The molecule has 20 heavy (non-hydrogen) atoms. The lowest BCUT2D eigenvalue weighted by atomic mass is 10.1. The summed E-state index contributed by atoms with van der Waals surface area (Å²) in [4.78, 5) is 24.6. The Morgan fingerprint density at radius 2 is 2.00 bits per heavy atom. The van der Waals surface area contributed by atoms with Crippen LogP contribution in [-0.2, 0) is 0 Å². The first kappa shape index (κ1) is 16.0. The fraction of sp³-hybridized carbons (Fsp3) is 0.467. The van der Waals surface area contributed by atoms with E-state index in [1.807, 2.05) is 6.92 Å². The number of hydrogen-bond donors (Lipinski definition) is 2. The van der Waals surface area contributed by atoms with Crippen LogP contribution in [0.5, 0.6) is 0 Å². The Bertz CT molecular complexity index is 486. The molecule has 1 aromatic rings. The van der Waals surface area contributed by atoms with Crippen molar-refractivity contribution in [1.29, 1.82) is 0 Å². The van der Waals surface area contributed by atoms with Crippen LogP contribution in [0, 0.1) is 6.92 Å². The molecule has 0 fully saturated rings. The van der Waals surface area contributed by atoms with E-state index in [2.05, 4.69) is 12.2 Å². The van der Waals surface area contributed by atoms with Crippen LogP contribution in [0.1, 0.15) is 42.1 Å². The molecule has 1 rings (SSSR count). The van der Waals surface area contributed by atoms with Crippen LogP contribution < -0.4 is 5.32 Å². The zero-order valence-electron chi connectivity index (χ0n) is 12.3. The summed E-state index contributed by atoms with van der Waals surface area (Å²) < 4.78 is 0. The maximum atomic E-state index is 12.0. The van der Waals surface area contributed by atoms with Gasteiger partial charge in [-0.15, -0.1) is 0 Å². The lowest BCUT2D eigenvalue weighted by Gasteiger charge is -2.18. The predicted octanol–water partition coefficient (Wildman–Crippen LogP) is 3.35. The number of unbranched alkanes of at least 4 members (excludes halogenated alkanes) is 2. The largest absolute Gasteiger partial charge is 0.478 e. The molecule has 0 heterocycles. The number of nitrogens with one attached hydrogen (secondary N) is 1. The second-order valence-corrected chi connectivity index (χ2v) is 4.89. The van der Waals surface area contributed by atoms with E-state index in [-0.39, 0.29) is 11.6 Å². The monoisotopic (exact) mass is 278 g/mol. The molecule has 0 radical (unpaired) electrons. The fourth-order valence-corrected chi connectivity index (χ4v) is 1.80. The molecule has 0 spiro atoms. The number of nitrogens with zero attached hydrogens (tertiary/aromatic N) is 1. The average molecular weight is 278 g/mol. The third kappa shape index (κ3) is 4.57. The lowest BCUT2D eigenvalue weighted by molar-refractivity contribution is 0.0697. The molecule has 0 aromatic heterocycles. The number of carbonyl (C=O) groups is 2. The summed E-state index contributed by atoms with van der Waals surface area (Å²) in [7, 11) is 1.74. The number of carbonyl (C=O) groups excluding carboxylic acids is 1. The Hall–Kier alpha value is -2.04. The summed E-state index contributed by atoms with van der Waals surface area (Å²) in [6, 6.07) is 4.48. The summed E-state index contributed by atoms with van der Waals surface area (Å²) >= 11 is 0. The Morgan fingerprint density at radius 3 is 2.60 bits per heavy atom. The Kier molecular flexibility index (Phi) is 6.03. The summed E-state index contributed by atoms with van der Waals surface area (Å²) in [6.45, 7) is 4.64. The van der Waals surface area contributed by atoms with Crippen LogP contribution in [0.2, 0.25) is 0 Å². The number of aromatic carboxylic acids is 1. The number of urea groups is 1. The highest BCUT2D eigenvalue weighted by Gasteiger charge is 2.11. The molecule has 0 unspecified atom stereocenters. The van der Waals surface area contributed by atoms with E-state index >= 15 is 0 Å². The van der Waals surface area contributed by atoms with Crippen molar-refractivity contribution >= 4 is 17.7 Å². The summed E-state index contributed by atoms with van der Waals surface area (Å²) in [5.74, 6) is -1.00. The van der Waals surface area contributed by atoms with Crippen molar-refractivity contribution in [2.24, 2.45) is 0 Å². The molecule has 0 atom stereocenters. The molecule has 0 saturated carbocycles. The zero-order chi connectivity index (χ0) is 15.1. The molecule has 5 nitrogen and oxygen atoms in total. The number of amides is 2. The van der Waals surface area contributed by atoms with Gasteiger partial charge in [0.05, 0.1) is 5.56 Å². The average Bonchev–Trinajstić information content (AvgIpc) is 2.41. The minimum Gasteiger partial charge on any atom is -0.478 e. The molecule has 0 aliphatic heterocycles. The second-order valence-electron chi connectivity index (χ2n) is 4.89. The van der Waals surface area contributed by atoms with Crippen LogP contribution >= 0.6 is 0 Å². The van der Waals surface area contributed by atoms with Gasteiger partial charge in [-0.1, -0.05) is 25.8 Å². The predicted molar refractivity (Wildman–Crippen MR) is 79.3 cm³/mol. The van der Waals surface area contributed by atoms with Crippen molar-refractivity contribution in [2.75, 3.05) is 18.9 Å². The van der Waals surface area contributed by atoms with E-state index in [0.717, 1.165) is 24.8 Å². The Morgan fingerprint density at radius 1 is 1.30 bits per heavy atom. The van der Waals surface area contributed by atoms with Gasteiger partial charge in [-0.3, -0.25) is 0 Å². The molecular weight excluding hydrogens is 256 g/mol. The van der Waals surface area contributed by atoms with Gasteiger partial charge in [-0.05, 0) is 31.0 Å². The van der Waals surface area contributed by atoms with E-state index in [0.29, 0.717) is 12.2 Å². The molecule has 2 N–H and O–H groups in total. The van der Waals surface area contributed by atoms with Gasteiger partial charge in [-0.25, -0.2) is 9.59 Å². The normalized spacial score (nSPS) is 10.2. The van der Waals surface area contributed by atoms with Gasteiger partial charge in [0.25, 0.3) is 0 Å². The highest BCUT2D eigenvalue weighted by molar-refractivity contribution is 5.93. The number of hydrogen-bond acceptors (Lipinski definition) is 2. The fourth-order valence-electron chi connectivity index (χ4n) is 1.80. The number of carboxylic acids is 1. The van der Waals surface area contributed by atoms with Gasteiger partial charge in [0, 0.05) is 19.3 Å². The lowest BCUT2D eigenvalue weighted by Crippen LogP contribution is -2.32. The SMILES string of the molecule is CCCCCN(C)C(=O)Nc1cc(C(=O)O)ccc1C.